The van der Waals surface area contributed by atoms with E-state index in [1.165, 1.54) is 0 Å². The Kier molecular flexibility index (Phi) is 5.99. The van der Waals surface area contributed by atoms with Gasteiger partial charge in [-0.1, -0.05) is 31.4 Å². The molecule has 144 valence electrons. The molecule has 3 rings (SSSR count). The van der Waals surface area contributed by atoms with Crippen LogP contribution in [0.1, 0.15) is 50.5 Å². The molecule has 1 saturated heterocycles. The van der Waals surface area contributed by atoms with E-state index in [1.54, 1.807) is 24.3 Å². The van der Waals surface area contributed by atoms with Gasteiger partial charge in [0.15, 0.2) is 9.84 Å². The minimum absolute atomic E-state index is 0.0169. The summed E-state index contributed by atoms with van der Waals surface area (Å²) in [6.07, 6.45) is 5.58. The van der Waals surface area contributed by atoms with Gasteiger partial charge in [-0.15, -0.1) is 0 Å². The molecule has 2 aliphatic rings. The summed E-state index contributed by atoms with van der Waals surface area (Å²) in [7, 11) is -3.17. The third-order valence-corrected chi connectivity index (χ3v) is 7.67. The van der Waals surface area contributed by atoms with Crippen LogP contribution in [0.5, 0.6) is 0 Å². The molecule has 1 saturated carbocycles. The van der Waals surface area contributed by atoms with Gasteiger partial charge in [0.25, 0.3) is 0 Å². The number of carbonyl (C=O) groups is 1. The molecular formula is C19H28N2O4S. The standard InChI is InChI=1S/C19H28N2O4S/c20-19(9-11-25-12-10-19)18(22)21-16-6-4-5-15(13-16)14-26(23,24)17-7-2-1-3-8-17/h4-6,13,17H,1-3,7-12,14,20H2,(H,21,22). The summed E-state index contributed by atoms with van der Waals surface area (Å²) in [5.41, 5.74) is 6.56. The fourth-order valence-corrected chi connectivity index (χ4v) is 5.66. The van der Waals surface area contributed by atoms with Crippen molar-refractivity contribution in [3.05, 3.63) is 29.8 Å². The van der Waals surface area contributed by atoms with Gasteiger partial charge in [-0.2, -0.15) is 0 Å². The van der Waals surface area contributed by atoms with Gasteiger partial charge in [-0.3, -0.25) is 4.79 Å². The van der Waals surface area contributed by atoms with Crippen molar-refractivity contribution < 1.29 is 17.9 Å². The van der Waals surface area contributed by atoms with Crippen molar-refractivity contribution >= 4 is 21.4 Å². The Hall–Kier alpha value is -1.44. The zero-order valence-electron chi connectivity index (χ0n) is 15.1. The Bertz CT molecular complexity index is 736. The molecular weight excluding hydrogens is 352 g/mol. The quantitative estimate of drug-likeness (QED) is 0.817. The zero-order chi connectivity index (χ0) is 18.6. The fourth-order valence-electron chi connectivity index (χ4n) is 3.73. The van der Waals surface area contributed by atoms with Gasteiger partial charge in [-0.25, -0.2) is 8.42 Å². The third-order valence-electron chi connectivity index (χ3n) is 5.45. The lowest BCUT2D eigenvalue weighted by Gasteiger charge is -2.31. The van der Waals surface area contributed by atoms with Crippen molar-refractivity contribution in [2.75, 3.05) is 18.5 Å². The summed E-state index contributed by atoms with van der Waals surface area (Å²) < 4.78 is 30.6. The third kappa shape index (κ3) is 4.64. The minimum atomic E-state index is -3.17. The number of amides is 1. The molecule has 26 heavy (non-hydrogen) atoms. The molecule has 6 nitrogen and oxygen atoms in total. The predicted octanol–water partition coefficient (Wildman–Crippen LogP) is 2.38. The van der Waals surface area contributed by atoms with E-state index in [0.29, 0.717) is 37.3 Å². The van der Waals surface area contributed by atoms with Gasteiger partial charge in [0.2, 0.25) is 5.91 Å². The first-order valence-corrected chi connectivity index (χ1v) is 11.1. The molecule has 0 radical (unpaired) electrons. The molecule has 0 unspecified atom stereocenters. The number of ether oxygens (including phenoxy) is 1. The number of carbonyl (C=O) groups excluding carboxylic acids is 1. The molecule has 1 aromatic carbocycles. The molecule has 1 amide bonds. The van der Waals surface area contributed by atoms with E-state index >= 15 is 0 Å². The minimum Gasteiger partial charge on any atom is -0.381 e. The van der Waals surface area contributed by atoms with E-state index in [4.69, 9.17) is 10.5 Å². The molecule has 2 fully saturated rings. The van der Waals surface area contributed by atoms with Crippen molar-refractivity contribution in [3.63, 3.8) is 0 Å². The van der Waals surface area contributed by atoms with Gasteiger partial charge in [0.1, 0.15) is 5.54 Å². The lowest BCUT2D eigenvalue weighted by Crippen LogP contribution is -2.54. The topological polar surface area (TPSA) is 98.5 Å². The molecule has 0 aromatic heterocycles. The van der Waals surface area contributed by atoms with Crippen LogP contribution in [0.25, 0.3) is 0 Å². The van der Waals surface area contributed by atoms with E-state index in [2.05, 4.69) is 5.32 Å². The lowest BCUT2D eigenvalue weighted by molar-refractivity contribution is -0.124. The Balaban J connectivity index is 1.67. The van der Waals surface area contributed by atoms with Gasteiger partial charge in [0, 0.05) is 18.9 Å². The number of nitrogens with one attached hydrogen (secondary N) is 1. The second-order valence-corrected chi connectivity index (χ2v) is 9.77. The molecule has 1 aromatic rings. The van der Waals surface area contributed by atoms with Crippen LogP contribution < -0.4 is 11.1 Å². The van der Waals surface area contributed by atoms with Crippen LogP contribution >= 0.6 is 0 Å². The first-order chi connectivity index (χ1) is 12.4. The Morgan fingerprint density at radius 1 is 1.19 bits per heavy atom. The summed E-state index contributed by atoms with van der Waals surface area (Å²) in [6, 6.07) is 7.06. The van der Waals surface area contributed by atoms with Crippen molar-refractivity contribution in [2.45, 2.75) is 61.5 Å². The van der Waals surface area contributed by atoms with Crippen molar-refractivity contribution in [1.82, 2.24) is 0 Å². The Morgan fingerprint density at radius 3 is 2.58 bits per heavy atom. The number of rotatable bonds is 5. The van der Waals surface area contributed by atoms with E-state index < -0.39 is 15.4 Å². The second kappa shape index (κ2) is 8.06. The van der Waals surface area contributed by atoms with Gasteiger partial charge in [-0.05, 0) is 43.4 Å². The smallest absolute Gasteiger partial charge is 0.244 e. The average molecular weight is 381 g/mol. The van der Waals surface area contributed by atoms with Crippen molar-refractivity contribution in [3.8, 4) is 0 Å². The number of hydrogen-bond acceptors (Lipinski definition) is 5. The maximum atomic E-state index is 12.7. The highest BCUT2D eigenvalue weighted by Gasteiger charge is 2.36. The van der Waals surface area contributed by atoms with Crippen molar-refractivity contribution in [2.24, 2.45) is 5.73 Å². The molecule has 0 bridgehead atoms. The van der Waals surface area contributed by atoms with Crippen LogP contribution in [0.2, 0.25) is 0 Å². The first kappa shape index (κ1) is 19.3. The van der Waals surface area contributed by atoms with Crippen LogP contribution in [0.15, 0.2) is 24.3 Å². The van der Waals surface area contributed by atoms with Gasteiger partial charge >= 0.3 is 0 Å². The first-order valence-electron chi connectivity index (χ1n) is 9.38. The molecule has 0 atom stereocenters. The zero-order valence-corrected chi connectivity index (χ0v) is 15.9. The van der Waals surface area contributed by atoms with Crippen LogP contribution in [0.3, 0.4) is 0 Å². The number of sulfone groups is 1. The SMILES string of the molecule is NC1(C(=O)Nc2cccc(CS(=O)(=O)C3CCCCC3)c2)CCOCC1. The highest BCUT2D eigenvalue weighted by atomic mass is 32.2. The molecule has 3 N–H and O–H groups in total. The van der Waals surface area contributed by atoms with E-state index in [1.807, 2.05) is 0 Å². The predicted molar refractivity (Wildman–Crippen MR) is 102 cm³/mol. The molecule has 1 aliphatic carbocycles. The number of anilines is 1. The molecule has 1 aliphatic heterocycles. The van der Waals surface area contributed by atoms with Crippen LogP contribution in [-0.2, 0) is 25.1 Å². The molecule has 1 heterocycles. The lowest BCUT2D eigenvalue weighted by atomic mass is 9.90. The summed E-state index contributed by atoms with van der Waals surface area (Å²) in [6.45, 7) is 0.952. The van der Waals surface area contributed by atoms with E-state index in [9.17, 15) is 13.2 Å². The normalized spacial score (nSPS) is 21.3. The monoisotopic (exact) mass is 380 g/mol. The van der Waals surface area contributed by atoms with Crippen LogP contribution in [-0.4, -0.2) is 38.3 Å². The van der Waals surface area contributed by atoms with Crippen LogP contribution in [0, 0.1) is 0 Å². The highest BCUT2D eigenvalue weighted by Crippen LogP contribution is 2.27. The van der Waals surface area contributed by atoms with Crippen molar-refractivity contribution in [1.29, 1.82) is 0 Å². The summed E-state index contributed by atoms with van der Waals surface area (Å²) >= 11 is 0. The number of hydrogen-bond donors (Lipinski definition) is 2. The number of benzene rings is 1. The second-order valence-electron chi connectivity index (χ2n) is 7.49. The maximum Gasteiger partial charge on any atom is 0.244 e. The summed E-state index contributed by atoms with van der Waals surface area (Å²) in [5, 5.41) is 2.61. The van der Waals surface area contributed by atoms with Crippen LogP contribution in [0.4, 0.5) is 5.69 Å². The van der Waals surface area contributed by atoms with E-state index in [0.717, 1.165) is 32.1 Å². The van der Waals surface area contributed by atoms with Gasteiger partial charge < -0.3 is 15.8 Å². The fraction of sp³-hybridized carbons (Fsp3) is 0.632. The Labute approximate surface area is 155 Å². The molecule has 7 heteroatoms. The van der Waals surface area contributed by atoms with Gasteiger partial charge in [0.05, 0.1) is 11.0 Å². The Morgan fingerprint density at radius 2 is 1.88 bits per heavy atom. The maximum absolute atomic E-state index is 12.7. The highest BCUT2D eigenvalue weighted by molar-refractivity contribution is 7.91. The summed E-state index contributed by atoms with van der Waals surface area (Å²) in [4.78, 5) is 12.5. The summed E-state index contributed by atoms with van der Waals surface area (Å²) in [5.74, 6) is -0.226. The largest absolute Gasteiger partial charge is 0.381 e. The average Bonchev–Trinajstić information content (AvgIpc) is 2.63. The number of nitrogens with two attached hydrogens (primary N) is 1. The molecule has 0 spiro atoms. The van der Waals surface area contributed by atoms with E-state index in [-0.39, 0.29) is 16.9 Å².